The van der Waals surface area contributed by atoms with Crippen molar-refractivity contribution in [3.05, 3.63) is 34.4 Å². The quantitative estimate of drug-likeness (QED) is 0.611. The van der Waals surface area contributed by atoms with Crippen LogP contribution >= 0.6 is 0 Å². The van der Waals surface area contributed by atoms with Crippen LogP contribution in [0.5, 0.6) is 0 Å². The van der Waals surface area contributed by atoms with Gasteiger partial charge in [-0.25, -0.2) is 5.01 Å². The SMILES string of the molecule is CC(=O)N(C)C1CN=NN1c1ccc([N+](=O)[O-])cc1. The number of non-ortho nitro benzene ring substituents is 1. The zero-order valence-electron chi connectivity index (χ0n) is 10.6. The molecule has 0 N–H and O–H groups in total. The summed E-state index contributed by atoms with van der Waals surface area (Å²) in [5.74, 6) is -0.0933. The van der Waals surface area contributed by atoms with Crippen LogP contribution in [0, 0.1) is 10.1 Å². The van der Waals surface area contributed by atoms with E-state index >= 15 is 0 Å². The average Bonchev–Trinajstić information content (AvgIpc) is 2.86. The molecule has 8 nitrogen and oxygen atoms in total. The molecule has 19 heavy (non-hydrogen) atoms. The number of anilines is 1. The van der Waals surface area contributed by atoms with Crippen LogP contribution in [-0.4, -0.2) is 35.5 Å². The predicted molar refractivity (Wildman–Crippen MR) is 67.5 cm³/mol. The molecule has 1 aromatic rings. The molecule has 0 spiro atoms. The third-order valence-electron chi connectivity index (χ3n) is 2.96. The third-order valence-corrected chi connectivity index (χ3v) is 2.96. The molecule has 1 atom stereocenters. The van der Waals surface area contributed by atoms with E-state index in [1.165, 1.54) is 24.0 Å². The summed E-state index contributed by atoms with van der Waals surface area (Å²) in [6, 6.07) is 5.97. The van der Waals surface area contributed by atoms with Crippen molar-refractivity contribution in [1.82, 2.24) is 4.90 Å². The van der Waals surface area contributed by atoms with Crippen LogP contribution in [0.2, 0.25) is 0 Å². The zero-order chi connectivity index (χ0) is 14.0. The lowest BCUT2D eigenvalue weighted by molar-refractivity contribution is -0.384. The number of likely N-dealkylation sites (N-methyl/N-ethyl adjacent to an activating group) is 1. The summed E-state index contributed by atoms with van der Waals surface area (Å²) in [7, 11) is 1.67. The van der Waals surface area contributed by atoms with Crippen molar-refractivity contribution in [3.8, 4) is 0 Å². The number of nitrogens with zero attached hydrogens (tertiary/aromatic N) is 5. The van der Waals surface area contributed by atoms with Crippen molar-refractivity contribution in [2.24, 2.45) is 10.3 Å². The number of nitro groups is 1. The number of hydrogen-bond donors (Lipinski definition) is 0. The molecule has 1 amide bonds. The van der Waals surface area contributed by atoms with Crippen LogP contribution in [0.3, 0.4) is 0 Å². The summed E-state index contributed by atoms with van der Waals surface area (Å²) in [6.45, 7) is 1.85. The van der Waals surface area contributed by atoms with Gasteiger partial charge in [0.1, 0.15) is 12.7 Å². The number of rotatable bonds is 3. The highest BCUT2D eigenvalue weighted by atomic mass is 16.6. The van der Waals surface area contributed by atoms with E-state index in [1.54, 1.807) is 24.2 Å². The van der Waals surface area contributed by atoms with Gasteiger partial charge in [-0.15, -0.1) is 0 Å². The Bertz CT molecular complexity index is 528. The summed E-state index contributed by atoms with van der Waals surface area (Å²) in [5.41, 5.74) is 0.668. The fraction of sp³-hybridized carbons (Fsp3) is 0.364. The number of nitro benzene ring substituents is 1. The summed E-state index contributed by atoms with van der Waals surface area (Å²) in [5, 5.41) is 20.0. The van der Waals surface area contributed by atoms with E-state index in [0.29, 0.717) is 12.2 Å². The Hall–Kier alpha value is -2.51. The number of amides is 1. The molecule has 0 aromatic heterocycles. The highest BCUT2D eigenvalue weighted by molar-refractivity contribution is 5.74. The summed E-state index contributed by atoms with van der Waals surface area (Å²) in [4.78, 5) is 23.0. The minimum atomic E-state index is -0.464. The minimum Gasteiger partial charge on any atom is -0.322 e. The van der Waals surface area contributed by atoms with Gasteiger partial charge in [0.15, 0.2) is 0 Å². The first-order valence-corrected chi connectivity index (χ1v) is 5.65. The van der Waals surface area contributed by atoms with Gasteiger partial charge in [0.05, 0.1) is 10.6 Å². The molecule has 8 heteroatoms. The number of hydrogen-bond acceptors (Lipinski definition) is 6. The molecule has 1 unspecified atom stereocenters. The molecule has 100 valence electrons. The van der Waals surface area contributed by atoms with E-state index in [-0.39, 0.29) is 17.8 Å². The first-order chi connectivity index (χ1) is 9.00. The van der Waals surface area contributed by atoms with E-state index in [9.17, 15) is 14.9 Å². The molecule has 0 fully saturated rings. The van der Waals surface area contributed by atoms with Crippen LogP contribution in [-0.2, 0) is 4.79 Å². The standard InChI is InChI=1S/C11H13N5O3/c1-8(17)14(2)11-7-12-13-15(11)9-3-5-10(6-4-9)16(18)19/h3-6,11H,7H2,1-2H3. The molecule has 0 saturated heterocycles. The Morgan fingerprint density at radius 2 is 2.11 bits per heavy atom. The van der Waals surface area contributed by atoms with Gasteiger partial charge in [-0.3, -0.25) is 14.9 Å². The number of carbonyl (C=O) groups excluding carboxylic acids is 1. The van der Waals surface area contributed by atoms with Crippen molar-refractivity contribution in [2.45, 2.75) is 13.1 Å². The summed E-state index contributed by atoms with van der Waals surface area (Å²) < 4.78 is 0. The lowest BCUT2D eigenvalue weighted by Crippen LogP contribution is -2.45. The van der Waals surface area contributed by atoms with E-state index in [1.807, 2.05) is 0 Å². The van der Waals surface area contributed by atoms with Crippen molar-refractivity contribution in [3.63, 3.8) is 0 Å². The number of carbonyl (C=O) groups is 1. The lowest BCUT2D eigenvalue weighted by atomic mass is 10.2. The van der Waals surface area contributed by atoms with Gasteiger partial charge < -0.3 is 4.90 Å². The molecule has 0 bridgehead atoms. The first kappa shape index (κ1) is 12.9. The van der Waals surface area contributed by atoms with Crippen molar-refractivity contribution in [2.75, 3.05) is 18.6 Å². The van der Waals surface area contributed by atoms with Crippen LogP contribution in [0.25, 0.3) is 0 Å². The highest BCUT2D eigenvalue weighted by Gasteiger charge is 2.29. The molecule has 1 aliphatic rings. The summed E-state index contributed by atoms with van der Waals surface area (Å²) >= 11 is 0. The molecule has 2 rings (SSSR count). The fourth-order valence-corrected chi connectivity index (χ4v) is 1.76. The van der Waals surface area contributed by atoms with Gasteiger partial charge in [0.2, 0.25) is 5.91 Å². The lowest BCUT2D eigenvalue weighted by Gasteiger charge is -2.29. The van der Waals surface area contributed by atoms with Crippen LogP contribution < -0.4 is 5.01 Å². The van der Waals surface area contributed by atoms with Gasteiger partial charge in [0.25, 0.3) is 5.69 Å². The van der Waals surface area contributed by atoms with E-state index in [2.05, 4.69) is 10.3 Å². The molecular weight excluding hydrogens is 250 g/mol. The Kier molecular flexibility index (Phi) is 3.41. The van der Waals surface area contributed by atoms with Gasteiger partial charge in [-0.1, -0.05) is 5.22 Å². The first-order valence-electron chi connectivity index (χ1n) is 5.65. The third kappa shape index (κ3) is 2.51. The van der Waals surface area contributed by atoms with Crippen molar-refractivity contribution >= 4 is 17.3 Å². The zero-order valence-corrected chi connectivity index (χ0v) is 10.6. The second-order valence-corrected chi connectivity index (χ2v) is 4.14. The maximum atomic E-state index is 11.4. The Balaban J connectivity index is 2.22. The molecule has 0 aliphatic carbocycles. The molecule has 0 radical (unpaired) electrons. The van der Waals surface area contributed by atoms with Crippen LogP contribution in [0.1, 0.15) is 6.92 Å². The maximum Gasteiger partial charge on any atom is 0.269 e. The molecular formula is C11H13N5O3. The van der Waals surface area contributed by atoms with Crippen LogP contribution in [0.15, 0.2) is 34.6 Å². The molecule has 0 saturated carbocycles. The monoisotopic (exact) mass is 263 g/mol. The number of benzene rings is 1. The topological polar surface area (TPSA) is 91.4 Å². The van der Waals surface area contributed by atoms with Crippen molar-refractivity contribution in [1.29, 1.82) is 0 Å². The van der Waals surface area contributed by atoms with Gasteiger partial charge >= 0.3 is 0 Å². The van der Waals surface area contributed by atoms with E-state index in [0.717, 1.165) is 0 Å². The Morgan fingerprint density at radius 3 is 2.63 bits per heavy atom. The maximum absolute atomic E-state index is 11.4. The van der Waals surface area contributed by atoms with Gasteiger partial charge in [0, 0.05) is 26.1 Å². The average molecular weight is 263 g/mol. The van der Waals surface area contributed by atoms with Gasteiger partial charge in [-0.2, -0.15) is 5.11 Å². The Labute approximate surface area is 109 Å². The molecule has 1 heterocycles. The second-order valence-electron chi connectivity index (χ2n) is 4.14. The van der Waals surface area contributed by atoms with E-state index in [4.69, 9.17) is 0 Å². The Morgan fingerprint density at radius 1 is 1.47 bits per heavy atom. The predicted octanol–water partition coefficient (Wildman–Crippen LogP) is 1.59. The molecule has 1 aromatic carbocycles. The fourth-order valence-electron chi connectivity index (χ4n) is 1.76. The largest absolute Gasteiger partial charge is 0.322 e. The summed E-state index contributed by atoms with van der Waals surface area (Å²) in [6.07, 6.45) is -0.293. The van der Waals surface area contributed by atoms with Crippen LogP contribution in [0.4, 0.5) is 11.4 Å². The highest BCUT2D eigenvalue weighted by Crippen LogP contribution is 2.25. The van der Waals surface area contributed by atoms with E-state index < -0.39 is 4.92 Å². The smallest absolute Gasteiger partial charge is 0.269 e. The minimum absolute atomic E-state index is 0.0105. The normalized spacial score (nSPS) is 17.6. The second kappa shape index (κ2) is 5.01. The van der Waals surface area contributed by atoms with Crippen molar-refractivity contribution < 1.29 is 9.72 Å². The van der Waals surface area contributed by atoms with Gasteiger partial charge in [-0.05, 0) is 12.1 Å². The molecule has 1 aliphatic heterocycles.